The van der Waals surface area contributed by atoms with E-state index in [0.717, 1.165) is 16.6 Å². The van der Waals surface area contributed by atoms with Crippen LogP contribution in [0, 0.1) is 0 Å². The van der Waals surface area contributed by atoms with Gasteiger partial charge in [-0.3, -0.25) is 14.2 Å². The van der Waals surface area contributed by atoms with Crippen LogP contribution in [0.3, 0.4) is 0 Å². The fraction of sp³-hybridized carbons (Fsp3) is 0. The quantitative estimate of drug-likeness (QED) is 0.615. The van der Waals surface area contributed by atoms with Crippen LogP contribution in [0.5, 0.6) is 0 Å². The summed E-state index contributed by atoms with van der Waals surface area (Å²) >= 11 is 0. The Morgan fingerprint density at radius 3 is 3.00 bits per heavy atom. The van der Waals surface area contributed by atoms with Gasteiger partial charge in [0.1, 0.15) is 6.33 Å². The minimum Gasteiger partial charge on any atom is -0.321 e. The van der Waals surface area contributed by atoms with Gasteiger partial charge in [-0.1, -0.05) is 12.1 Å². The normalized spacial score (nSPS) is 10.9. The third-order valence-electron chi connectivity index (χ3n) is 3.44. The Bertz CT molecular complexity index is 987. The molecule has 0 aliphatic rings. The molecule has 0 fully saturated rings. The third kappa shape index (κ3) is 2.07. The van der Waals surface area contributed by atoms with Gasteiger partial charge in [0.05, 0.1) is 11.2 Å². The van der Waals surface area contributed by atoms with Gasteiger partial charge in [0.2, 0.25) is 0 Å². The van der Waals surface area contributed by atoms with E-state index in [9.17, 15) is 4.79 Å². The molecule has 0 aliphatic carbocycles. The lowest BCUT2D eigenvalue weighted by molar-refractivity contribution is 0.102. The Labute approximate surface area is 125 Å². The highest BCUT2D eigenvalue weighted by Crippen LogP contribution is 2.18. The largest absolute Gasteiger partial charge is 0.321 e. The number of aromatic nitrogens is 4. The third-order valence-corrected chi connectivity index (χ3v) is 3.44. The average Bonchev–Trinajstić information content (AvgIpc) is 3.02. The molecule has 4 rings (SSSR count). The van der Waals surface area contributed by atoms with Crippen LogP contribution in [0.25, 0.3) is 16.6 Å². The van der Waals surface area contributed by atoms with Crippen LogP contribution in [-0.2, 0) is 0 Å². The fourth-order valence-electron chi connectivity index (χ4n) is 2.40. The predicted molar refractivity (Wildman–Crippen MR) is 82.7 cm³/mol. The fourth-order valence-corrected chi connectivity index (χ4v) is 2.40. The van der Waals surface area contributed by atoms with Gasteiger partial charge >= 0.3 is 0 Å². The molecule has 3 aromatic heterocycles. The van der Waals surface area contributed by atoms with Crippen molar-refractivity contribution in [1.82, 2.24) is 19.6 Å². The first-order valence-electron chi connectivity index (χ1n) is 6.76. The Hall–Kier alpha value is -3.28. The summed E-state index contributed by atoms with van der Waals surface area (Å²) < 4.78 is 1.75. The summed E-state index contributed by atoms with van der Waals surface area (Å²) in [5.41, 5.74) is 2.80. The number of nitrogens with one attached hydrogen (secondary N) is 1. The first-order valence-corrected chi connectivity index (χ1v) is 6.76. The number of carbonyl (C=O) groups excluding carboxylic acids is 1. The zero-order valence-corrected chi connectivity index (χ0v) is 11.5. The molecule has 106 valence electrons. The van der Waals surface area contributed by atoms with Gasteiger partial charge in [0.25, 0.3) is 5.91 Å². The number of hydrogen-bond donors (Lipinski definition) is 1. The minimum absolute atomic E-state index is 0.175. The molecular weight excluding hydrogens is 278 g/mol. The van der Waals surface area contributed by atoms with E-state index in [1.54, 1.807) is 41.3 Å². The van der Waals surface area contributed by atoms with Crippen molar-refractivity contribution in [2.24, 2.45) is 0 Å². The van der Waals surface area contributed by atoms with Crippen molar-refractivity contribution in [2.45, 2.75) is 0 Å². The zero-order valence-electron chi connectivity index (χ0n) is 11.5. The minimum atomic E-state index is -0.175. The van der Waals surface area contributed by atoms with Gasteiger partial charge in [-0.05, 0) is 30.3 Å². The maximum Gasteiger partial charge on any atom is 0.256 e. The number of anilines is 1. The van der Waals surface area contributed by atoms with E-state index in [1.165, 1.54) is 0 Å². The standard InChI is InChI=1S/C16H11N5O/c22-16(13-3-1-5-14-12(13)4-2-8-17-14)19-11-6-7-15-20-18-10-21(15)9-11/h1-10H,(H,19,22). The van der Waals surface area contributed by atoms with Crippen molar-refractivity contribution in [1.29, 1.82) is 0 Å². The summed E-state index contributed by atoms with van der Waals surface area (Å²) in [4.78, 5) is 16.8. The van der Waals surface area contributed by atoms with Crippen molar-refractivity contribution >= 4 is 28.1 Å². The summed E-state index contributed by atoms with van der Waals surface area (Å²) in [6.07, 6.45) is 5.08. The number of amides is 1. The van der Waals surface area contributed by atoms with E-state index in [-0.39, 0.29) is 5.91 Å². The van der Waals surface area contributed by atoms with E-state index in [4.69, 9.17) is 0 Å². The smallest absolute Gasteiger partial charge is 0.256 e. The van der Waals surface area contributed by atoms with Crippen molar-refractivity contribution in [3.63, 3.8) is 0 Å². The summed E-state index contributed by atoms with van der Waals surface area (Å²) in [5.74, 6) is -0.175. The number of pyridine rings is 2. The van der Waals surface area contributed by atoms with Gasteiger partial charge in [-0.2, -0.15) is 0 Å². The van der Waals surface area contributed by atoms with E-state index in [1.807, 2.05) is 24.3 Å². The Kier molecular flexibility index (Phi) is 2.79. The summed E-state index contributed by atoms with van der Waals surface area (Å²) in [6, 6.07) is 12.8. The molecule has 0 unspecified atom stereocenters. The molecule has 3 heterocycles. The molecule has 0 saturated carbocycles. The van der Waals surface area contributed by atoms with Gasteiger partial charge in [0, 0.05) is 23.3 Å². The van der Waals surface area contributed by atoms with Crippen LogP contribution >= 0.6 is 0 Å². The lowest BCUT2D eigenvalue weighted by Gasteiger charge is -2.08. The molecule has 22 heavy (non-hydrogen) atoms. The maximum atomic E-state index is 12.5. The molecule has 0 aliphatic heterocycles. The number of fused-ring (bicyclic) bond motifs is 2. The molecule has 0 bridgehead atoms. The molecule has 1 amide bonds. The van der Waals surface area contributed by atoms with Crippen LogP contribution < -0.4 is 5.32 Å². The second-order valence-corrected chi connectivity index (χ2v) is 4.84. The van der Waals surface area contributed by atoms with Crippen LogP contribution in [0.2, 0.25) is 0 Å². The molecule has 0 radical (unpaired) electrons. The highest BCUT2D eigenvalue weighted by Gasteiger charge is 2.10. The topological polar surface area (TPSA) is 72.2 Å². The van der Waals surface area contributed by atoms with Gasteiger partial charge in [0.15, 0.2) is 5.65 Å². The summed E-state index contributed by atoms with van der Waals surface area (Å²) in [5, 5.41) is 11.5. The average molecular weight is 289 g/mol. The number of hydrogen-bond acceptors (Lipinski definition) is 4. The molecule has 1 aromatic carbocycles. The van der Waals surface area contributed by atoms with Crippen LogP contribution in [0.4, 0.5) is 5.69 Å². The lowest BCUT2D eigenvalue weighted by Crippen LogP contribution is -2.12. The molecule has 0 saturated heterocycles. The molecule has 4 aromatic rings. The zero-order chi connectivity index (χ0) is 14.9. The van der Waals surface area contributed by atoms with Crippen LogP contribution in [0.15, 0.2) is 61.2 Å². The second-order valence-electron chi connectivity index (χ2n) is 4.84. The number of benzene rings is 1. The van der Waals surface area contributed by atoms with Crippen LogP contribution in [-0.4, -0.2) is 25.5 Å². The Morgan fingerprint density at radius 2 is 2.05 bits per heavy atom. The molecule has 6 heteroatoms. The molecule has 0 atom stereocenters. The molecule has 6 nitrogen and oxygen atoms in total. The SMILES string of the molecule is O=C(Nc1ccc2nncn2c1)c1cccc2ncccc12. The van der Waals surface area contributed by atoms with Gasteiger partial charge in [-0.15, -0.1) is 10.2 Å². The van der Waals surface area contributed by atoms with Gasteiger partial charge < -0.3 is 5.32 Å². The molecule has 0 spiro atoms. The first kappa shape index (κ1) is 12.5. The van der Waals surface area contributed by atoms with Crippen molar-refractivity contribution in [3.05, 3.63) is 66.7 Å². The van der Waals surface area contributed by atoms with Gasteiger partial charge in [-0.25, -0.2) is 0 Å². The second kappa shape index (κ2) is 4.92. The highest BCUT2D eigenvalue weighted by atomic mass is 16.1. The summed E-state index contributed by atoms with van der Waals surface area (Å²) in [7, 11) is 0. The Morgan fingerprint density at radius 1 is 1.09 bits per heavy atom. The summed E-state index contributed by atoms with van der Waals surface area (Å²) in [6.45, 7) is 0. The predicted octanol–water partition coefficient (Wildman–Crippen LogP) is 2.53. The van der Waals surface area contributed by atoms with Crippen LogP contribution in [0.1, 0.15) is 10.4 Å². The number of rotatable bonds is 2. The van der Waals surface area contributed by atoms with E-state index in [0.29, 0.717) is 11.3 Å². The maximum absolute atomic E-state index is 12.5. The van der Waals surface area contributed by atoms with Crippen molar-refractivity contribution < 1.29 is 4.79 Å². The van der Waals surface area contributed by atoms with E-state index < -0.39 is 0 Å². The molecule has 1 N–H and O–H groups in total. The lowest BCUT2D eigenvalue weighted by atomic mass is 10.1. The number of nitrogens with zero attached hydrogens (tertiary/aromatic N) is 4. The van der Waals surface area contributed by atoms with Crippen molar-refractivity contribution in [2.75, 3.05) is 5.32 Å². The van der Waals surface area contributed by atoms with Crippen molar-refractivity contribution in [3.8, 4) is 0 Å². The Balaban J connectivity index is 1.71. The monoisotopic (exact) mass is 289 g/mol. The molecular formula is C16H11N5O. The van der Waals surface area contributed by atoms with E-state index >= 15 is 0 Å². The highest BCUT2D eigenvalue weighted by molar-refractivity contribution is 6.12. The number of carbonyl (C=O) groups is 1. The van der Waals surface area contributed by atoms with E-state index in [2.05, 4.69) is 20.5 Å². The first-order chi connectivity index (χ1) is 10.8.